The predicted octanol–water partition coefficient (Wildman–Crippen LogP) is 2.74. The van der Waals surface area contributed by atoms with Crippen LogP contribution in [0.25, 0.3) is 10.9 Å². The van der Waals surface area contributed by atoms with E-state index in [2.05, 4.69) is 31.2 Å². The van der Waals surface area contributed by atoms with Gasteiger partial charge in [-0.2, -0.15) is 5.26 Å². The molecule has 3 heterocycles. The van der Waals surface area contributed by atoms with Gasteiger partial charge in [-0.05, 0) is 31.2 Å². The number of nitrogens with zero attached hydrogens (tertiary/aromatic N) is 5. The van der Waals surface area contributed by atoms with Crippen molar-refractivity contribution in [2.75, 3.05) is 29.9 Å². The topological polar surface area (TPSA) is 87.0 Å². The minimum Gasteiger partial charge on any atom is -0.370 e. The quantitative estimate of drug-likeness (QED) is 0.747. The highest BCUT2D eigenvalue weighted by Gasteiger charge is 2.27. The van der Waals surface area contributed by atoms with Crippen LogP contribution in [0.3, 0.4) is 0 Å². The van der Waals surface area contributed by atoms with Crippen LogP contribution >= 0.6 is 0 Å². The average Bonchev–Trinajstić information content (AvgIpc) is 2.72. The molecule has 1 aromatic carbocycles. The third kappa shape index (κ3) is 3.70. The maximum atomic E-state index is 12.9. The zero-order chi connectivity index (χ0) is 19.5. The Labute approximate surface area is 161 Å². The number of halogens is 1. The average molecular weight is 378 g/mol. The van der Waals surface area contributed by atoms with Crippen LogP contribution in [-0.2, 0) is 4.74 Å². The third-order valence-corrected chi connectivity index (χ3v) is 4.64. The summed E-state index contributed by atoms with van der Waals surface area (Å²) in [6.07, 6.45) is 3.88. The van der Waals surface area contributed by atoms with E-state index in [0.717, 1.165) is 30.0 Å². The second kappa shape index (κ2) is 7.74. The Bertz CT molecular complexity index is 1020. The van der Waals surface area contributed by atoms with E-state index in [4.69, 9.17) is 4.74 Å². The van der Waals surface area contributed by atoms with E-state index >= 15 is 0 Å². The number of benzene rings is 1. The summed E-state index contributed by atoms with van der Waals surface area (Å²) in [7, 11) is 0. The van der Waals surface area contributed by atoms with Gasteiger partial charge in [0.1, 0.15) is 6.07 Å². The summed E-state index contributed by atoms with van der Waals surface area (Å²) < 4.78 is 19.0. The van der Waals surface area contributed by atoms with Crippen molar-refractivity contribution in [1.29, 1.82) is 5.26 Å². The van der Waals surface area contributed by atoms with Gasteiger partial charge in [0.25, 0.3) is 0 Å². The minimum absolute atomic E-state index is 0.0250. The molecule has 4 rings (SSSR count). The van der Waals surface area contributed by atoms with Crippen molar-refractivity contribution in [2.24, 2.45) is 0 Å². The number of fused-ring (bicyclic) bond motifs is 1. The highest BCUT2D eigenvalue weighted by atomic mass is 19.1. The smallest absolute Gasteiger partial charge is 0.222 e. The number of pyridine rings is 1. The highest BCUT2D eigenvalue weighted by Crippen LogP contribution is 2.30. The Morgan fingerprint density at radius 3 is 2.86 bits per heavy atom. The Balaban J connectivity index is 1.54. The molecule has 28 heavy (non-hydrogen) atoms. The number of nitrogens with one attached hydrogen (secondary N) is 1. The number of hydrogen-bond acceptors (Lipinski definition) is 7. The lowest BCUT2D eigenvalue weighted by atomic mass is 10.1. The summed E-state index contributed by atoms with van der Waals surface area (Å²) in [6.45, 7) is 3.92. The van der Waals surface area contributed by atoms with Crippen LogP contribution < -0.4 is 10.2 Å². The number of ether oxygens (including phenoxy) is 1. The first-order valence-corrected chi connectivity index (χ1v) is 9.03. The lowest BCUT2D eigenvalue weighted by Gasteiger charge is -2.38. The van der Waals surface area contributed by atoms with E-state index in [0.29, 0.717) is 30.1 Å². The molecule has 2 atom stereocenters. The number of nitriles is 1. The second-order valence-corrected chi connectivity index (χ2v) is 6.72. The number of hydrogen-bond donors (Lipinski definition) is 1. The van der Waals surface area contributed by atoms with Gasteiger partial charge in [-0.3, -0.25) is 4.98 Å². The molecule has 1 aliphatic rings. The fraction of sp³-hybridized carbons (Fsp3) is 0.300. The largest absolute Gasteiger partial charge is 0.370 e. The summed E-state index contributed by atoms with van der Waals surface area (Å²) in [5.74, 6) is -0.108. The molecule has 0 bridgehead atoms. The number of rotatable bonds is 4. The molecule has 0 saturated carbocycles. The van der Waals surface area contributed by atoms with E-state index in [1.807, 2.05) is 31.2 Å². The molecule has 1 N–H and O–H groups in total. The fourth-order valence-corrected chi connectivity index (χ4v) is 3.49. The molecule has 0 radical (unpaired) electrons. The first-order valence-electron chi connectivity index (χ1n) is 9.03. The zero-order valence-electron chi connectivity index (χ0n) is 15.3. The molecular formula is C20H19FN6O. The SMILES string of the molecule is C[C@@H]1CN(c2ccc(C#N)c3ncccc23)C[C@@H](CNc2ncc(F)cn2)O1. The fourth-order valence-electron chi connectivity index (χ4n) is 3.49. The Morgan fingerprint density at radius 2 is 2.07 bits per heavy atom. The molecule has 1 saturated heterocycles. The molecule has 0 amide bonds. The first-order chi connectivity index (χ1) is 13.6. The summed E-state index contributed by atoms with van der Waals surface area (Å²) in [4.78, 5) is 14.5. The van der Waals surface area contributed by atoms with Crippen molar-refractivity contribution in [3.8, 4) is 6.07 Å². The number of anilines is 2. The van der Waals surface area contributed by atoms with Crippen molar-refractivity contribution in [1.82, 2.24) is 15.0 Å². The lowest BCUT2D eigenvalue weighted by Crippen LogP contribution is -2.49. The molecule has 0 unspecified atom stereocenters. The maximum absolute atomic E-state index is 12.9. The van der Waals surface area contributed by atoms with Gasteiger partial charge in [-0.1, -0.05) is 0 Å². The normalized spacial score (nSPS) is 19.4. The van der Waals surface area contributed by atoms with Crippen LogP contribution in [0.2, 0.25) is 0 Å². The van der Waals surface area contributed by atoms with Gasteiger partial charge < -0.3 is 15.0 Å². The lowest BCUT2D eigenvalue weighted by molar-refractivity contribution is -0.00827. The van der Waals surface area contributed by atoms with Gasteiger partial charge in [0.2, 0.25) is 5.95 Å². The molecular weight excluding hydrogens is 359 g/mol. The van der Waals surface area contributed by atoms with Crippen molar-refractivity contribution in [2.45, 2.75) is 19.1 Å². The maximum Gasteiger partial charge on any atom is 0.222 e. The van der Waals surface area contributed by atoms with Crippen molar-refractivity contribution in [3.63, 3.8) is 0 Å². The minimum atomic E-state index is -0.472. The van der Waals surface area contributed by atoms with E-state index < -0.39 is 5.82 Å². The Kier molecular flexibility index (Phi) is 5.00. The van der Waals surface area contributed by atoms with Gasteiger partial charge in [0.15, 0.2) is 5.82 Å². The number of aromatic nitrogens is 3. The van der Waals surface area contributed by atoms with Crippen LogP contribution in [0.4, 0.5) is 16.0 Å². The summed E-state index contributed by atoms with van der Waals surface area (Å²) in [5, 5.41) is 13.4. The molecule has 142 valence electrons. The zero-order valence-corrected chi connectivity index (χ0v) is 15.3. The second-order valence-electron chi connectivity index (χ2n) is 6.72. The molecule has 1 fully saturated rings. The Hall–Kier alpha value is -3.31. The van der Waals surface area contributed by atoms with Gasteiger partial charge in [0.05, 0.1) is 35.7 Å². The van der Waals surface area contributed by atoms with Crippen LogP contribution in [0, 0.1) is 17.1 Å². The molecule has 0 spiro atoms. The summed E-state index contributed by atoms with van der Waals surface area (Å²) >= 11 is 0. The highest BCUT2D eigenvalue weighted by molar-refractivity contribution is 5.95. The van der Waals surface area contributed by atoms with Gasteiger partial charge in [-0.15, -0.1) is 0 Å². The van der Waals surface area contributed by atoms with Gasteiger partial charge in [0, 0.05) is 36.9 Å². The summed E-state index contributed by atoms with van der Waals surface area (Å²) in [5.41, 5.74) is 2.30. The molecule has 3 aromatic rings. The van der Waals surface area contributed by atoms with E-state index in [-0.39, 0.29) is 12.2 Å². The molecule has 7 nitrogen and oxygen atoms in total. The van der Waals surface area contributed by atoms with E-state index in [1.54, 1.807) is 6.20 Å². The van der Waals surface area contributed by atoms with Crippen LogP contribution in [-0.4, -0.2) is 46.8 Å². The van der Waals surface area contributed by atoms with Crippen LogP contribution in [0.15, 0.2) is 42.9 Å². The Morgan fingerprint density at radius 1 is 1.25 bits per heavy atom. The third-order valence-electron chi connectivity index (χ3n) is 4.64. The van der Waals surface area contributed by atoms with E-state index in [1.165, 1.54) is 0 Å². The summed E-state index contributed by atoms with van der Waals surface area (Å²) in [6, 6.07) is 9.84. The van der Waals surface area contributed by atoms with Crippen LogP contribution in [0.5, 0.6) is 0 Å². The van der Waals surface area contributed by atoms with Crippen molar-refractivity contribution >= 4 is 22.5 Å². The molecule has 1 aliphatic heterocycles. The van der Waals surface area contributed by atoms with Gasteiger partial charge >= 0.3 is 0 Å². The molecule has 2 aromatic heterocycles. The first kappa shape index (κ1) is 18.1. The number of morpholine rings is 1. The monoisotopic (exact) mass is 378 g/mol. The van der Waals surface area contributed by atoms with E-state index in [9.17, 15) is 9.65 Å². The van der Waals surface area contributed by atoms with Gasteiger partial charge in [-0.25, -0.2) is 14.4 Å². The predicted molar refractivity (Wildman–Crippen MR) is 103 cm³/mol. The van der Waals surface area contributed by atoms with Crippen molar-refractivity contribution < 1.29 is 9.13 Å². The molecule has 0 aliphatic carbocycles. The van der Waals surface area contributed by atoms with Crippen LogP contribution in [0.1, 0.15) is 12.5 Å². The molecule has 8 heteroatoms. The standard InChI is InChI=1S/C20H19FN6O/c1-13-11-27(12-16(28-13)10-26-20-24-8-15(21)9-25-20)18-5-4-14(7-22)19-17(18)3-2-6-23-19/h2-6,8-9,13,16H,10-12H2,1H3,(H,24,25,26)/t13-,16-/m1/s1. The van der Waals surface area contributed by atoms with Crippen molar-refractivity contribution in [3.05, 3.63) is 54.2 Å².